The molecule has 1 fully saturated rings. The molecular weight excluding hydrogens is 324 g/mol. The Balaban J connectivity index is 1.60. The van der Waals surface area contributed by atoms with Gasteiger partial charge in [-0.15, -0.1) is 0 Å². The minimum absolute atomic E-state index is 0.0596. The maximum atomic E-state index is 12.8. The summed E-state index contributed by atoms with van der Waals surface area (Å²) in [6, 6.07) is 15.2. The fourth-order valence-electron chi connectivity index (χ4n) is 3.64. The van der Waals surface area contributed by atoms with Gasteiger partial charge >= 0.3 is 0 Å². The molecule has 0 spiro atoms. The number of nitrogens with two attached hydrogens (primary N) is 2. The van der Waals surface area contributed by atoms with E-state index in [0.717, 1.165) is 36.8 Å². The molecule has 0 bridgehead atoms. The molecule has 0 radical (unpaired) electrons. The van der Waals surface area contributed by atoms with Crippen molar-refractivity contribution in [1.29, 1.82) is 10.8 Å². The van der Waals surface area contributed by atoms with Crippen LogP contribution in [0.5, 0.6) is 0 Å². The van der Waals surface area contributed by atoms with Crippen LogP contribution < -0.4 is 11.5 Å². The number of carbonyl (C=O) groups excluding carboxylic acids is 1. The van der Waals surface area contributed by atoms with Gasteiger partial charge in [-0.3, -0.25) is 15.6 Å². The van der Waals surface area contributed by atoms with Gasteiger partial charge in [-0.1, -0.05) is 48.5 Å². The summed E-state index contributed by atoms with van der Waals surface area (Å²) in [5, 5.41) is 14.9. The van der Waals surface area contributed by atoms with Gasteiger partial charge in [0.15, 0.2) is 0 Å². The van der Waals surface area contributed by atoms with Crippen LogP contribution in [0.2, 0.25) is 0 Å². The van der Waals surface area contributed by atoms with Crippen LogP contribution in [0.1, 0.15) is 35.1 Å². The molecule has 0 aromatic heterocycles. The van der Waals surface area contributed by atoms with Crippen LogP contribution in [0.3, 0.4) is 0 Å². The lowest BCUT2D eigenvalue weighted by molar-refractivity contribution is -0.123. The summed E-state index contributed by atoms with van der Waals surface area (Å²) in [6.45, 7) is 0. The number of hydrogen-bond acceptors (Lipinski definition) is 3. The van der Waals surface area contributed by atoms with Crippen molar-refractivity contribution in [1.82, 2.24) is 0 Å². The minimum atomic E-state index is 0.0596. The molecule has 0 aliphatic heterocycles. The zero-order chi connectivity index (χ0) is 18.7. The first-order valence-corrected chi connectivity index (χ1v) is 8.84. The Bertz CT molecular complexity index is 755. The van der Waals surface area contributed by atoms with E-state index >= 15 is 0 Å². The summed E-state index contributed by atoms with van der Waals surface area (Å²) in [5.74, 6) is 0.601. The van der Waals surface area contributed by atoms with E-state index in [-0.39, 0.29) is 23.5 Å². The standard InChI is InChI=1S/C21H24N4O/c22-20(23)15-5-1-13(2-6-15)11-17-9-10-18(19(17)26)12-14-3-7-16(8-4-14)21(24)25/h1-8,17-18H,9-12H2,(H3,22,23)(H3,24,25). The molecular formula is C21H24N4O. The van der Waals surface area contributed by atoms with E-state index in [0.29, 0.717) is 16.9 Å². The van der Waals surface area contributed by atoms with Crippen molar-refractivity contribution in [3.63, 3.8) is 0 Å². The van der Waals surface area contributed by atoms with Gasteiger partial charge in [0, 0.05) is 23.0 Å². The number of Topliss-reactive ketones (excluding diaryl/α,β-unsaturated/α-hetero) is 1. The van der Waals surface area contributed by atoms with Gasteiger partial charge in [-0.2, -0.15) is 0 Å². The Hall–Kier alpha value is -2.95. The van der Waals surface area contributed by atoms with Crippen LogP contribution >= 0.6 is 0 Å². The Morgan fingerprint density at radius 3 is 1.42 bits per heavy atom. The first-order chi connectivity index (χ1) is 12.4. The number of carbonyl (C=O) groups is 1. The molecule has 1 aliphatic carbocycles. The van der Waals surface area contributed by atoms with Crippen molar-refractivity contribution in [3.8, 4) is 0 Å². The third kappa shape index (κ3) is 3.99. The van der Waals surface area contributed by atoms with Gasteiger partial charge < -0.3 is 11.5 Å². The summed E-state index contributed by atoms with van der Waals surface area (Å²) in [7, 11) is 0. The third-order valence-electron chi connectivity index (χ3n) is 5.16. The average molecular weight is 348 g/mol. The molecule has 5 nitrogen and oxygen atoms in total. The zero-order valence-electron chi connectivity index (χ0n) is 14.7. The summed E-state index contributed by atoms with van der Waals surface area (Å²) >= 11 is 0. The largest absolute Gasteiger partial charge is 0.384 e. The van der Waals surface area contributed by atoms with Crippen LogP contribution in [-0.4, -0.2) is 17.5 Å². The molecule has 0 saturated heterocycles. The van der Waals surface area contributed by atoms with Crippen molar-refractivity contribution >= 4 is 17.5 Å². The molecule has 1 saturated carbocycles. The molecule has 134 valence electrons. The van der Waals surface area contributed by atoms with Crippen molar-refractivity contribution in [2.24, 2.45) is 23.3 Å². The van der Waals surface area contributed by atoms with Gasteiger partial charge in [0.05, 0.1) is 0 Å². The lowest BCUT2D eigenvalue weighted by atomic mass is 9.92. The van der Waals surface area contributed by atoms with Gasteiger partial charge in [0.1, 0.15) is 17.5 Å². The molecule has 2 atom stereocenters. The SMILES string of the molecule is N=C(N)c1ccc(CC2CCC(Cc3ccc(C(=N)N)cc3)C2=O)cc1. The van der Waals surface area contributed by atoms with E-state index in [9.17, 15) is 4.79 Å². The van der Waals surface area contributed by atoms with E-state index < -0.39 is 0 Å². The van der Waals surface area contributed by atoms with Gasteiger partial charge in [0.25, 0.3) is 0 Å². The zero-order valence-corrected chi connectivity index (χ0v) is 14.7. The molecule has 1 aliphatic rings. The smallest absolute Gasteiger partial charge is 0.139 e. The van der Waals surface area contributed by atoms with Crippen LogP contribution in [0.4, 0.5) is 0 Å². The first kappa shape index (κ1) is 17.9. The normalized spacial score (nSPS) is 19.5. The monoisotopic (exact) mass is 348 g/mol. The van der Waals surface area contributed by atoms with Crippen molar-refractivity contribution in [3.05, 3.63) is 70.8 Å². The van der Waals surface area contributed by atoms with Crippen LogP contribution in [-0.2, 0) is 17.6 Å². The highest BCUT2D eigenvalue weighted by molar-refractivity contribution is 5.95. The molecule has 2 unspecified atom stereocenters. The summed E-state index contributed by atoms with van der Waals surface area (Å²) in [5.41, 5.74) is 14.6. The van der Waals surface area contributed by atoms with E-state index in [1.165, 1.54) is 0 Å². The highest BCUT2D eigenvalue weighted by atomic mass is 16.1. The van der Waals surface area contributed by atoms with Gasteiger partial charge in [0.2, 0.25) is 0 Å². The molecule has 26 heavy (non-hydrogen) atoms. The van der Waals surface area contributed by atoms with E-state index in [1.54, 1.807) is 0 Å². The van der Waals surface area contributed by atoms with Crippen LogP contribution in [0, 0.1) is 22.7 Å². The fraction of sp³-hybridized carbons (Fsp3) is 0.286. The first-order valence-electron chi connectivity index (χ1n) is 8.84. The Kier molecular flexibility index (Phi) is 5.16. The molecule has 6 N–H and O–H groups in total. The topological polar surface area (TPSA) is 117 Å². The van der Waals surface area contributed by atoms with Crippen LogP contribution in [0.15, 0.2) is 48.5 Å². The van der Waals surface area contributed by atoms with Crippen LogP contribution in [0.25, 0.3) is 0 Å². The highest BCUT2D eigenvalue weighted by Crippen LogP contribution is 2.32. The minimum Gasteiger partial charge on any atom is -0.384 e. The summed E-state index contributed by atoms with van der Waals surface area (Å²) in [4.78, 5) is 12.8. The average Bonchev–Trinajstić information content (AvgIpc) is 2.96. The molecule has 5 heteroatoms. The number of amidine groups is 2. The maximum absolute atomic E-state index is 12.8. The molecule has 3 rings (SSSR count). The summed E-state index contributed by atoms with van der Waals surface area (Å²) < 4.78 is 0. The highest BCUT2D eigenvalue weighted by Gasteiger charge is 2.33. The second kappa shape index (κ2) is 7.52. The molecule has 0 amide bonds. The molecule has 2 aromatic rings. The molecule has 2 aromatic carbocycles. The predicted octanol–water partition coefficient (Wildman–Crippen LogP) is 2.64. The second-order valence-electron chi connectivity index (χ2n) is 7.00. The van der Waals surface area contributed by atoms with Crippen molar-refractivity contribution in [2.45, 2.75) is 25.7 Å². The second-order valence-corrected chi connectivity index (χ2v) is 7.00. The van der Waals surface area contributed by atoms with E-state index in [2.05, 4.69) is 0 Å². The van der Waals surface area contributed by atoms with E-state index in [4.69, 9.17) is 22.3 Å². The number of ketones is 1. The number of nitrogen functional groups attached to an aromatic ring is 2. The predicted molar refractivity (Wildman–Crippen MR) is 104 cm³/mol. The lowest BCUT2D eigenvalue weighted by Crippen LogP contribution is -2.18. The number of benzene rings is 2. The lowest BCUT2D eigenvalue weighted by Gasteiger charge is -2.12. The van der Waals surface area contributed by atoms with E-state index in [1.807, 2.05) is 48.5 Å². The molecule has 0 heterocycles. The fourth-order valence-corrected chi connectivity index (χ4v) is 3.64. The third-order valence-corrected chi connectivity index (χ3v) is 5.16. The number of hydrogen-bond donors (Lipinski definition) is 4. The van der Waals surface area contributed by atoms with Crippen molar-refractivity contribution in [2.75, 3.05) is 0 Å². The van der Waals surface area contributed by atoms with Gasteiger partial charge in [-0.05, 0) is 36.8 Å². The Morgan fingerprint density at radius 1 is 0.769 bits per heavy atom. The Labute approximate surface area is 153 Å². The van der Waals surface area contributed by atoms with Gasteiger partial charge in [-0.25, -0.2) is 0 Å². The summed E-state index contributed by atoms with van der Waals surface area (Å²) in [6.07, 6.45) is 3.33. The number of nitrogens with one attached hydrogen (secondary N) is 2. The Morgan fingerprint density at radius 2 is 1.12 bits per heavy atom. The van der Waals surface area contributed by atoms with Crippen molar-refractivity contribution < 1.29 is 4.79 Å². The number of rotatable bonds is 6. The quantitative estimate of drug-likeness (QED) is 0.475. The maximum Gasteiger partial charge on any atom is 0.139 e.